The lowest BCUT2D eigenvalue weighted by Gasteiger charge is -2.24. The Bertz CT molecular complexity index is 372. The van der Waals surface area contributed by atoms with Crippen LogP contribution in [0, 0.1) is 0 Å². The Kier molecular flexibility index (Phi) is 4.42. The van der Waals surface area contributed by atoms with Gasteiger partial charge in [-0.05, 0) is 38.0 Å². The topological polar surface area (TPSA) is 47.3 Å². The first-order valence-electron chi connectivity index (χ1n) is 6.06. The molecule has 1 fully saturated rings. The molecule has 0 amide bonds. The highest BCUT2D eigenvalue weighted by Crippen LogP contribution is 2.24. The minimum atomic E-state index is 0.189. The maximum Gasteiger partial charge on any atom is 0.0792 e. The molecule has 3 unspecified atom stereocenters. The Morgan fingerprint density at radius 2 is 2.35 bits per heavy atom. The number of hydrogen-bond acceptors (Lipinski definition) is 3. The average Bonchev–Trinajstić information content (AvgIpc) is 2.73. The van der Waals surface area contributed by atoms with E-state index in [4.69, 9.17) is 10.5 Å². The molecule has 2 rings (SSSR count). The summed E-state index contributed by atoms with van der Waals surface area (Å²) in [5.74, 6) is 0. The molecule has 3 N–H and O–H groups in total. The van der Waals surface area contributed by atoms with E-state index in [-0.39, 0.29) is 12.1 Å². The molecular formula is C13H19BrN2O. The minimum Gasteiger partial charge on any atom is -0.378 e. The first-order chi connectivity index (χ1) is 8.19. The Morgan fingerprint density at radius 1 is 1.53 bits per heavy atom. The number of benzene rings is 1. The summed E-state index contributed by atoms with van der Waals surface area (Å²) in [7, 11) is 0. The molecule has 1 heterocycles. The van der Waals surface area contributed by atoms with Crippen LogP contribution in [0.25, 0.3) is 0 Å². The molecule has 0 saturated carbocycles. The molecule has 1 aromatic rings. The Morgan fingerprint density at radius 3 is 2.94 bits per heavy atom. The summed E-state index contributed by atoms with van der Waals surface area (Å²) < 4.78 is 6.93. The first-order valence-corrected chi connectivity index (χ1v) is 6.86. The largest absolute Gasteiger partial charge is 0.378 e. The average molecular weight is 299 g/mol. The summed E-state index contributed by atoms with van der Waals surface area (Å²) in [5, 5.41) is 3.45. The van der Waals surface area contributed by atoms with Crippen molar-refractivity contribution in [3.05, 3.63) is 28.7 Å². The third-order valence-electron chi connectivity index (χ3n) is 3.14. The van der Waals surface area contributed by atoms with Crippen molar-refractivity contribution >= 4 is 21.6 Å². The van der Waals surface area contributed by atoms with Crippen molar-refractivity contribution in [2.24, 2.45) is 5.73 Å². The monoisotopic (exact) mass is 298 g/mol. The van der Waals surface area contributed by atoms with Crippen LogP contribution < -0.4 is 11.1 Å². The maximum atomic E-state index is 5.86. The molecule has 17 heavy (non-hydrogen) atoms. The van der Waals surface area contributed by atoms with Gasteiger partial charge in [-0.25, -0.2) is 0 Å². The molecule has 3 atom stereocenters. The fourth-order valence-corrected chi connectivity index (χ4v) is 2.62. The van der Waals surface area contributed by atoms with Crippen LogP contribution >= 0.6 is 15.9 Å². The Balaban J connectivity index is 2.00. The number of ether oxygens (including phenoxy) is 1. The second-order valence-electron chi connectivity index (χ2n) is 4.56. The van der Waals surface area contributed by atoms with E-state index in [0.29, 0.717) is 12.6 Å². The summed E-state index contributed by atoms with van der Waals surface area (Å²) in [5.41, 5.74) is 6.91. The number of rotatable bonds is 4. The van der Waals surface area contributed by atoms with Crippen molar-refractivity contribution in [2.45, 2.75) is 38.0 Å². The van der Waals surface area contributed by atoms with Crippen molar-refractivity contribution in [3.8, 4) is 0 Å². The molecule has 0 bridgehead atoms. The van der Waals surface area contributed by atoms with E-state index in [1.807, 2.05) is 18.2 Å². The molecule has 4 heteroatoms. The molecule has 1 aliphatic heterocycles. The first kappa shape index (κ1) is 12.9. The molecule has 3 nitrogen and oxygen atoms in total. The quantitative estimate of drug-likeness (QED) is 0.898. The molecule has 94 valence electrons. The van der Waals surface area contributed by atoms with Gasteiger partial charge in [-0.15, -0.1) is 0 Å². The summed E-state index contributed by atoms with van der Waals surface area (Å²) in [6, 6.07) is 8.32. The van der Waals surface area contributed by atoms with Crippen LogP contribution in [0.5, 0.6) is 0 Å². The maximum absolute atomic E-state index is 5.86. The van der Waals surface area contributed by atoms with Crippen molar-refractivity contribution in [1.82, 2.24) is 0 Å². The summed E-state index contributed by atoms with van der Waals surface area (Å²) in [6.45, 7) is 2.70. The third-order valence-corrected chi connectivity index (χ3v) is 3.64. The number of halogens is 1. The van der Waals surface area contributed by atoms with Gasteiger partial charge in [0.15, 0.2) is 0 Å². The predicted octanol–water partition coefficient (Wildman–Crippen LogP) is 2.76. The van der Waals surface area contributed by atoms with Crippen LogP contribution in [0.4, 0.5) is 5.69 Å². The number of hydrogen-bond donors (Lipinski definition) is 2. The van der Waals surface area contributed by atoms with E-state index in [1.165, 1.54) is 0 Å². The fraction of sp³-hybridized carbons (Fsp3) is 0.538. The zero-order valence-corrected chi connectivity index (χ0v) is 11.6. The highest BCUT2D eigenvalue weighted by Gasteiger charge is 2.28. The van der Waals surface area contributed by atoms with Crippen LogP contribution in [0.1, 0.15) is 19.8 Å². The van der Waals surface area contributed by atoms with E-state index < -0.39 is 0 Å². The number of nitrogens with two attached hydrogens (primary N) is 1. The Labute approximate surface area is 111 Å². The standard InChI is InChI=1S/C13H19BrN2O/c1-9-5-6-13(17-9)12(8-15)16-11-4-2-3-10(14)7-11/h2-4,7,9,12-13,16H,5-6,8,15H2,1H3. The summed E-state index contributed by atoms with van der Waals surface area (Å²) in [6.07, 6.45) is 2.80. The van der Waals surface area contributed by atoms with Crippen molar-refractivity contribution in [3.63, 3.8) is 0 Å². The van der Waals surface area contributed by atoms with E-state index in [2.05, 4.69) is 34.2 Å². The van der Waals surface area contributed by atoms with Crippen LogP contribution in [-0.4, -0.2) is 24.8 Å². The van der Waals surface area contributed by atoms with Crippen molar-refractivity contribution in [1.29, 1.82) is 0 Å². The Hall–Kier alpha value is -0.580. The molecular weight excluding hydrogens is 280 g/mol. The van der Waals surface area contributed by atoms with Gasteiger partial charge in [0.05, 0.1) is 18.2 Å². The van der Waals surface area contributed by atoms with Gasteiger partial charge in [-0.1, -0.05) is 22.0 Å². The normalized spacial score (nSPS) is 25.8. The van der Waals surface area contributed by atoms with Crippen molar-refractivity contribution < 1.29 is 4.74 Å². The second-order valence-corrected chi connectivity index (χ2v) is 5.48. The predicted molar refractivity (Wildman–Crippen MR) is 74.2 cm³/mol. The van der Waals surface area contributed by atoms with E-state index >= 15 is 0 Å². The van der Waals surface area contributed by atoms with Crippen molar-refractivity contribution in [2.75, 3.05) is 11.9 Å². The second kappa shape index (κ2) is 5.85. The zero-order valence-electron chi connectivity index (χ0n) is 10.0. The molecule has 0 spiro atoms. The van der Waals surface area contributed by atoms with E-state index in [9.17, 15) is 0 Å². The van der Waals surface area contributed by atoms with Gasteiger partial charge in [0, 0.05) is 16.7 Å². The van der Waals surface area contributed by atoms with Gasteiger partial charge < -0.3 is 15.8 Å². The smallest absolute Gasteiger partial charge is 0.0792 e. The fourth-order valence-electron chi connectivity index (χ4n) is 2.23. The van der Waals surface area contributed by atoms with Gasteiger partial charge >= 0.3 is 0 Å². The highest BCUT2D eigenvalue weighted by atomic mass is 79.9. The minimum absolute atomic E-state index is 0.189. The van der Waals surface area contributed by atoms with Crippen LogP contribution in [0.2, 0.25) is 0 Å². The molecule has 1 aromatic carbocycles. The van der Waals surface area contributed by atoms with Crippen LogP contribution in [0.15, 0.2) is 28.7 Å². The van der Waals surface area contributed by atoms with Gasteiger partial charge in [-0.3, -0.25) is 0 Å². The SMILES string of the molecule is CC1CCC(C(CN)Nc2cccc(Br)c2)O1. The van der Waals surface area contributed by atoms with E-state index in [0.717, 1.165) is 23.0 Å². The lowest BCUT2D eigenvalue weighted by molar-refractivity contribution is 0.0460. The number of nitrogens with one attached hydrogen (secondary N) is 1. The van der Waals surface area contributed by atoms with Crippen LogP contribution in [-0.2, 0) is 4.74 Å². The molecule has 1 aliphatic rings. The number of anilines is 1. The van der Waals surface area contributed by atoms with Gasteiger partial charge in [0.1, 0.15) is 0 Å². The lowest BCUT2D eigenvalue weighted by Crippen LogP contribution is -2.40. The lowest BCUT2D eigenvalue weighted by atomic mass is 10.1. The van der Waals surface area contributed by atoms with E-state index in [1.54, 1.807) is 0 Å². The molecule has 1 saturated heterocycles. The molecule has 0 aromatic heterocycles. The van der Waals surface area contributed by atoms with Crippen LogP contribution in [0.3, 0.4) is 0 Å². The highest BCUT2D eigenvalue weighted by molar-refractivity contribution is 9.10. The molecule has 0 radical (unpaired) electrons. The zero-order chi connectivity index (χ0) is 12.3. The molecule has 0 aliphatic carbocycles. The van der Waals surface area contributed by atoms with Gasteiger partial charge in [0.2, 0.25) is 0 Å². The summed E-state index contributed by atoms with van der Waals surface area (Å²) in [4.78, 5) is 0. The third kappa shape index (κ3) is 3.44. The van der Waals surface area contributed by atoms with Gasteiger partial charge in [0.25, 0.3) is 0 Å². The summed E-state index contributed by atoms with van der Waals surface area (Å²) >= 11 is 3.46. The van der Waals surface area contributed by atoms with Gasteiger partial charge in [-0.2, -0.15) is 0 Å².